The molecule has 1 aromatic heterocycles. The van der Waals surface area contributed by atoms with Crippen LogP contribution < -0.4 is 0 Å². The summed E-state index contributed by atoms with van der Waals surface area (Å²) in [6.45, 7) is 0. The van der Waals surface area contributed by atoms with Crippen LogP contribution in [0.5, 0.6) is 5.75 Å². The van der Waals surface area contributed by atoms with Crippen LogP contribution in [0.2, 0.25) is 0 Å². The predicted molar refractivity (Wildman–Crippen MR) is 92.4 cm³/mol. The van der Waals surface area contributed by atoms with Gasteiger partial charge in [-0.05, 0) is 35.9 Å². The van der Waals surface area contributed by atoms with Crippen LogP contribution >= 0.6 is 0 Å². The number of hydrogen-bond acceptors (Lipinski definition) is 3. The number of benzene rings is 2. The number of alkyl halides is 3. The number of nitrogens with zero attached hydrogens (tertiary/aromatic N) is 1. The molecule has 146 valence electrons. The fourth-order valence-corrected chi connectivity index (χ4v) is 2.17. The van der Waals surface area contributed by atoms with Gasteiger partial charge in [0.2, 0.25) is 0 Å². The Balaban J connectivity index is 0.000000345. The number of fused-ring (bicyclic) bond motifs is 1. The molecule has 2 aromatic carbocycles. The highest BCUT2D eigenvalue weighted by molar-refractivity contribution is 5.93. The van der Waals surface area contributed by atoms with Crippen molar-refractivity contribution in [3.8, 4) is 5.75 Å². The smallest absolute Gasteiger partial charge is 0.490 e. The highest BCUT2D eigenvalue weighted by Gasteiger charge is 2.38. The number of phenols is 1. The van der Waals surface area contributed by atoms with Crippen LogP contribution in [-0.2, 0) is 4.79 Å². The van der Waals surface area contributed by atoms with Crippen molar-refractivity contribution in [2.75, 3.05) is 0 Å². The SMILES string of the molecule is O=C(O)C(F)(F)F.Oc1ccc(/C=C/c2c(F)cccc2F)c2cccnc12. The van der Waals surface area contributed by atoms with E-state index >= 15 is 0 Å². The second-order valence-electron chi connectivity index (χ2n) is 5.35. The summed E-state index contributed by atoms with van der Waals surface area (Å²) < 4.78 is 58.9. The largest absolute Gasteiger partial charge is 0.506 e. The van der Waals surface area contributed by atoms with Crippen LogP contribution in [0.1, 0.15) is 11.1 Å². The summed E-state index contributed by atoms with van der Waals surface area (Å²) in [6.07, 6.45) is -0.527. The van der Waals surface area contributed by atoms with Crippen molar-refractivity contribution in [1.82, 2.24) is 4.98 Å². The van der Waals surface area contributed by atoms with Crippen LogP contribution in [0.3, 0.4) is 0 Å². The molecule has 28 heavy (non-hydrogen) atoms. The van der Waals surface area contributed by atoms with E-state index < -0.39 is 23.8 Å². The molecule has 0 aliphatic carbocycles. The van der Waals surface area contributed by atoms with Gasteiger partial charge in [-0.2, -0.15) is 13.2 Å². The number of phenolic OH excluding ortho intramolecular Hbond substituents is 1. The van der Waals surface area contributed by atoms with Crippen molar-refractivity contribution in [2.45, 2.75) is 6.18 Å². The molecule has 0 atom stereocenters. The molecule has 0 bridgehead atoms. The summed E-state index contributed by atoms with van der Waals surface area (Å²) in [5, 5.41) is 17.6. The molecule has 3 rings (SSSR count). The van der Waals surface area contributed by atoms with Gasteiger partial charge in [0, 0.05) is 17.1 Å². The van der Waals surface area contributed by atoms with Gasteiger partial charge in [0.05, 0.1) is 0 Å². The van der Waals surface area contributed by atoms with Crippen molar-refractivity contribution in [3.05, 3.63) is 71.4 Å². The Morgan fingerprint density at radius 1 is 0.964 bits per heavy atom. The van der Waals surface area contributed by atoms with E-state index in [4.69, 9.17) is 9.90 Å². The number of carbonyl (C=O) groups is 1. The lowest BCUT2D eigenvalue weighted by molar-refractivity contribution is -0.192. The van der Waals surface area contributed by atoms with Crippen LogP contribution in [-0.4, -0.2) is 27.3 Å². The first kappa shape index (κ1) is 20.8. The third-order valence-corrected chi connectivity index (χ3v) is 3.45. The molecular weight excluding hydrogens is 385 g/mol. The quantitative estimate of drug-likeness (QED) is 0.471. The number of aliphatic carboxylic acids is 1. The Hall–Kier alpha value is -3.49. The molecule has 1 heterocycles. The average molecular weight is 397 g/mol. The van der Waals surface area contributed by atoms with Gasteiger partial charge in [-0.25, -0.2) is 13.6 Å². The summed E-state index contributed by atoms with van der Waals surface area (Å²) >= 11 is 0. The Bertz CT molecular complexity index is 1010. The molecule has 2 N–H and O–H groups in total. The Morgan fingerprint density at radius 2 is 1.57 bits per heavy atom. The molecular formula is C19H12F5NO3. The van der Waals surface area contributed by atoms with E-state index in [1.807, 2.05) is 0 Å². The number of aromatic nitrogens is 1. The minimum atomic E-state index is -5.08. The molecule has 0 unspecified atom stereocenters. The first-order valence-electron chi connectivity index (χ1n) is 7.60. The van der Waals surface area contributed by atoms with Gasteiger partial charge in [-0.1, -0.05) is 24.3 Å². The summed E-state index contributed by atoms with van der Waals surface area (Å²) in [4.78, 5) is 13.0. The molecule has 0 aliphatic heterocycles. The molecule has 3 aromatic rings. The number of hydrogen-bond donors (Lipinski definition) is 2. The standard InChI is InChI=1S/C17H11F2NO.C2HF3O2/c18-14-4-1-5-15(19)13(14)8-6-11-7-9-16(21)17-12(11)3-2-10-20-17;3-2(4,5)1(6)7/h1-10,21H;(H,6,7)/b8-6+;. The minimum absolute atomic E-state index is 0.0693. The van der Waals surface area contributed by atoms with Crippen LogP contribution in [0, 0.1) is 11.6 Å². The maximum atomic E-state index is 13.6. The number of halogens is 5. The van der Waals surface area contributed by atoms with Gasteiger partial charge < -0.3 is 10.2 Å². The number of carboxylic acid groups (broad SMARTS) is 1. The lowest BCUT2D eigenvalue weighted by atomic mass is 10.1. The number of pyridine rings is 1. The predicted octanol–water partition coefficient (Wildman–Crippen LogP) is 5.02. The van der Waals surface area contributed by atoms with E-state index in [0.29, 0.717) is 10.9 Å². The lowest BCUT2D eigenvalue weighted by Crippen LogP contribution is -2.21. The number of aromatic hydroxyl groups is 1. The zero-order valence-corrected chi connectivity index (χ0v) is 13.9. The zero-order chi connectivity index (χ0) is 20.9. The van der Waals surface area contributed by atoms with E-state index in [1.54, 1.807) is 30.5 Å². The fourth-order valence-electron chi connectivity index (χ4n) is 2.17. The molecule has 0 amide bonds. The summed E-state index contributed by atoms with van der Waals surface area (Å²) in [6, 6.07) is 10.4. The van der Waals surface area contributed by atoms with Gasteiger partial charge in [0.25, 0.3) is 0 Å². The van der Waals surface area contributed by atoms with E-state index in [9.17, 15) is 27.1 Å². The molecule has 9 heteroatoms. The zero-order valence-electron chi connectivity index (χ0n) is 13.9. The molecule has 0 aliphatic rings. The molecule has 0 fully saturated rings. The van der Waals surface area contributed by atoms with E-state index in [1.165, 1.54) is 30.3 Å². The van der Waals surface area contributed by atoms with Crippen molar-refractivity contribution in [2.24, 2.45) is 0 Å². The first-order valence-corrected chi connectivity index (χ1v) is 7.60. The second-order valence-corrected chi connectivity index (χ2v) is 5.35. The van der Waals surface area contributed by atoms with Crippen molar-refractivity contribution >= 4 is 29.0 Å². The first-order chi connectivity index (χ1) is 13.1. The average Bonchev–Trinajstić information content (AvgIpc) is 2.63. The normalized spacial score (nSPS) is 11.3. The Kier molecular flexibility index (Phi) is 6.29. The van der Waals surface area contributed by atoms with E-state index in [0.717, 1.165) is 5.56 Å². The van der Waals surface area contributed by atoms with Crippen LogP contribution in [0.25, 0.3) is 23.1 Å². The van der Waals surface area contributed by atoms with E-state index in [-0.39, 0.29) is 11.3 Å². The van der Waals surface area contributed by atoms with Crippen LogP contribution in [0.4, 0.5) is 22.0 Å². The summed E-state index contributed by atoms with van der Waals surface area (Å²) in [5.74, 6) is -3.92. The highest BCUT2D eigenvalue weighted by Crippen LogP contribution is 2.27. The monoisotopic (exact) mass is 397 g/mol. The fraction of sp³-hybridized carbons (Fsp3) is 0.0526. The van der Waals surface area contributed by atoms with Gasteiger partial charge in [-0.3, -0.25) is 4.98 Å². The third kappa shape index (κ3) is 5.03. The Labute approximate surface area is 155 Å². The molecule has 0 radical (unpaired) electrons. The minimum Gasteiger partial charge on any atom is -0.506 e. The van der Waals surface area contributed by atoms with Crippen molar-refractivity contribution in [3.63, 3.8) is 0 Å². The Morgan fingerprint density at radius 3 is 2.14 bits per heavy atom. The van der Waals surface area contributed by atoms with Gasteiger partial charge in [0.1, 0.15) is 22.9 Å². The number of carboxylic acids is 1. The summed E-state index contributed by atoms with van der Waals surface area (Å²) in [7, 11) is 0. The van der Waals surface area contributed by atoms with Crippen molar-refractivity contribution < 1.29 is 37.0 Å². The summed E-state index contributed by atoms with van der Waals surface area (Å²) in [5.41, 5.74) is 1.08. The van der Waals surface area contributed by atoms with Crippen molar-refractivity contribution in [1.29, 1.82) is 0 Å². The van der Waals surface area contributed by atoms with E-state index in [2.05, 4.69) is 4.98 Å². The molecule has 0 saturated carbocycles. The van der Waals surface area contributed by atoms with Crippen LogP contribution in [0.15, 0.2) is 48.7 Å². The highest BCUT2D eigenvalue weighted by atomic mass is 19.4. The molecule has 0 spiro atoms. The maximum Gasteiger partial charge on any atom is 0.490 e. The van der Waals surface area contributed by atoms with Gasteiger partial charge in [0.15, 0.2) is 0 Å². The number of rotatable bonds is 2. The lowest BCUT2D eigenvalue weighted by Gasteiger charge is -2.04. The molecule has 4 nitrogen and oxygen atoms in total. The topological polar surface area (TPSA) is 70.4 Å². The third-order valence-electron chi connectivity index (χ3n) is 3.45. The maximum absolute atomic E-state index is 13.6. The van der Waals surface area contributed by atoms with Gasteiger partial charge in [-0.15, -0.1) is 0 Å². The van der Waals surface area contributed by atoms with Gasteiger partial charge >= 0.3 is 12.1 Å². The molecule has 0 saturated heterocycles. The second kappa shape index (κ2) is 8.47.